The molecule has 0 aromatic rings. The molecule has 0 saturated heterocycles. The monoisotopic (exact) mass is 222 g/mol. The fourth-order valence-corrected chi connectivity index (χ4v) is 4.91. The molecule has 0 spiro atoms. The van der Waals surface area contributed by atoms with Crippen LogP contribution in [0.2, 0.25) is 11.6 Å². The van der Waals surface area contributed by atoms with Gasteiger partial charge in [-0.3, -0.25) is 0 Å². The van der Waals surface area contributed by atoms with Crippen LogP contribution in [0.1, 0.15) is 40.0 Å². The number of unbranched alkanes of at least 4 members (excludes halogenated alkanes) is 1. The first kappa shape index (κ1) is 10.7. The van der Waals surface area contributed by atoms with Crippen molar-refractivity contribution in [1.82, 2.24) is 0 Å². The van der Waals surface area contributed by atoms with Crippen LogP contribution in [0, 0.1) is 0 Å². The molecule has 0 saturated carbocycles. The largest absolute Gasteiger partial charge is 0.131 e. The summed E-state index contributed by atoms with van der Waals surface area (Å²) in [6.45, 7) is 6.93. The molecule has 62 valence electrons. The van der Waals surface area contributed by atoms with E-state index in [1.54, 1.807) is 0 Å². The first-order valence-corrected chi connectivity index (χ1v) is 9.03. The zero-order valence-electron chi connectivity index (χ0n) is 7.36. The van der Waals surface area contributed by atoms with Crippen molar-refractivity contribution in [1.29, 1.82) is 0 Å². The molecule has 0 N–H and O–H groups in total. The molecule has 0 radical (unpaired) electrons. The van der Waals surface area contributed by atoms with E-state index in [0.717, 1.165) is 5.54 Å². The van der Waals surface area contributed by atoms with Gasteiger partial charge in [0.2, 0.25) is 0 Å². The Hall–Kier alpha value is 0.697. The van der Waals surface area contributed by atoms with Crippen molar-refractivity contribution in [3.8, 4) is 0 Å². The topological polar surface area (TPSA) is 0 Å². The SMILES string of the molecule is CCCC[SiH](Br)C(C)CC. The van der Waals surface area contributed by atoms with E-state index in [0.29, 0.717) is 0 Å². The van der Waals surface area contributed by atoms with Gasteiger partial charge in [0.05, 0.1) is 0 Å². The second kappa shape index (κ2) is 6.41. The van der Waals surface area contributed by atoms with Crippen LogP contribution in [0.4, 0.5) is 0 Å². The van der Waals surface area contributed by atoms with Gasteiger partial charge in [-0.2, -0.15) is 0 Å². The van der Waals surface area contributed by atoms with Crippen LogP contribution in [-0.4, -0.2) is 7.42 Å². The van der Waals surface area contributed by atoms with Crippen molar-refractivity contribution in [3.63, 3.8) is 0 Å². The van der Waals surface area contributed by atoms with Crippen molar-refractivity contribution in [2.75, 3.05) is 0 Å². The highest BCUT2D eigenvalue weighted by atomic mass is 79.9. The highest BCUT2D eigenvalue weighted by molar-refractivity contribution is 9.24. The molecule has 0 aliphatic rings. The Balaban J connectivity index is 3.31. The molecule has 2 atom stereocenters. The highest BCUT2D eigenvalue weighted by Crippen LogP contribution is 2.23. The van der Waals surface area contributed by atoms with E-state index in [1.165, 1.54) is 25.3 Å². The fourth-order valence-electron chi connectivity index (χ4n) is 0.939. The van der Waals surface area contributed by atoms with E-state index < -0.39 is 7.42 Å². The number of halogens is 1. The normalized spacial score (nSPS) is 16.8. The van der Waals surface area contributed by atoms with Crippen molar-refractivity contribution in [2.24, 2.45) is 0 Å². The summed E-state index contributed by atoms with van der Waals surface area (Å²) in [6, 6.07) is 1.48. The average molecular weight is 223 g/mol. The minimum Gasteiger partial charge on any atom is -0.131 e. The number of hydrogen-bond donors (Lipinski definition) is 0. The Labute approximate surface area is 74.6 Å². The molecule has 2 unspecified atom stereocenters. The van der Waals surface area contributed by atoms with Crippen LogP contribution in [0.15, 0.2) is 0 Å². The summed E-state index contributed by atoms with van der Waals surface area (Å²) in [5, 5.41) is 0. The first-order valence-electron chi connectivity index (χ1n) is 4.36. The van der Waals surface area contributed by atoms with Gasteiger partial charge in [-0.05, 0) is 5.54 Å². The van der Waals surface area contributed by atoms with Gasteiger partial charge < -0.3 is 0 Å². The first-order chi connectivity index (χ1) is 4.72. The van der Waals surface area contributed by atoms with Gasteiger partial charge >= 0.3 is 0 Å². The van der Waals surface area contributed by atoms with Crippen LogP contribution in [0.25, 0.3) is 0 Å². The Morgan fingerprint density at radius 3 is 2.40 bits per heavy atom. The Kier molecular flexibility index (Phi) is 6.86. The maximum absolute atomic E-state index is 3.84. The molecule has 0 aromatic heterocycles. The molecular formula is C8H19BrSi. The minimum absolute atomic E-state index is 0.501. The van der Waals surface area contributed by atoms with Gasteiger partial charge in [0.1, 0.15) is 7.42 Å². The van der Waals surface area contributed by atoms with Gasteiger partial charge in [0.25, 0.3) is 0 Å². The van der Waals surface area contributed by atoms with E-state index in [4.69, 9.17) is 0 Å². The van der Waals surface area contributed by atoms with Gasteiger partial charge in [-0.25, -0.2) is 0 Å². The van der Waals surface area contributed by atoms with Crippen LogP contribution < -0.4 is 0 Å². The number of hydrogen-bond acceptors (Lipinski definition) is 0. The van der Waals surface area contributed by atoms with Crippen LogP contribution in [0.5, 0.6) is 0 Å². The van der Waals surface area contributed by atoms with Crippen LogP contribution in [0.3, 0.4) is 0 Å². The van der Waals surface area contributed by atoms with Crippen molar-refractivity contribution >= 4 is 22.7 Å². The molecular weight excluding hydrogens is 204 g/mol. The smallest absolute Gasteiger partial charge is 0.117 e. The lowest BCUT2D eigenvalue weighted by Gasteiger charge is -2.13. The zero-order chi connectivity index (χ0) is 7.98. The average Bonchev–Trinajstić information content (AvgIpc) is 1.98. The lowest BCUT2D eigenvalue weighted by molar-refractivity contribution is 0.828. The van der Waals surface area contributed by atoms with E-state index in [9.17, 15) is 0 Å². The quantitative estimate of drug-likeness (QED) is 0.492. The highest BCUT2D eigenvalue weighted by Gasteiger charge is 2.12. The molecule has 2 heteroatoms. The predicted octanol–water partition coefficient (Wildman–Crippen LogP) is 3.71. The molecule has 0 aliphatic heterocycles. The van der Waals surface area contributed by atoms with Gasteiger partial charge in [0.15, 0.2) is 0 Å². The lowest BCUT2D eigenvalue weighted by atomic mass is 10.4. The third-order valence-corrected chi connectivity index (χ3v) is 8.84. The van der Waals surface area contributed by atoms with E-state index in [-0.39, 0.29) is 0 Å². The molecule has 10 heavy (non-hydrogen) atoms. The van der Waals surface area contributed by atoms with Crippen molar-refractivity contribution < 1.29 is 0 Å². The molecule has 0 aromatic carbocycles. The summed E-state index contributed by atoms with van der Waals surface area (Å²) >= 11 is 3.84. The van der Waals surface area contributed by atoms with E-state index in [1.807, 2.05) is 0 Å². The molecule has 0 aliphatic carbocycles. The van der Waals surface area contributed by atoms with Crippen molar-refractivity contribution in [3.05, 3.63) is 0 Å². The molecule has 0 amide bonds. The molecule has 0 rings (SSSR count). The summed E-state index contributed by atoms with van der Waals surface area (Å²) in [4.78, 5) is 0. The second-order valence-electron chi connectivity index (χ2n) is 3.04. The maximum atomic E-state index is 3.84. The van der Waals surface area contributed by atoms with Gasteiger partial charge in [-0.1, -0.05) is 46.1 Å². The summed E-state index contributed by atoms with van der Waals surface area (Å²) < 4.78 is 0. The maximum Gasteiger partial charge on any atom is 0.117 e. The third-order valence-electron chi connectivity index (χ3n) is 2.09. The Morgan fingerprint density at radius 1 is 1.40 bits per heavy atom. The predicted molar refractivity (Wildman–Crippen MR) is 55.5 cm³/mol. The molecule has 0 nitrogen and oxygen atoms in total. The Bertz CT molecular complexity index is 75.7. The summed E-state index contributed by atoms with van der Waals surface area (Å²) in [6.07, 6.45) is 4.13. The minimum atomic E-state index is -0.501. The Morgan fingerprint density at radius 2 is 2.00 bits per heavy atom. The van der Waals surface area contributed by atoms with Gasteiger partial charge in [-0.15, -0.1) is 15.3 Å². The van der Waals surface area contributed by atoms with Crippen LogP contribution >= 0.6 is 15.3 Å². The third kappa shape index (κ3) is 4.50. The second-order valence-corrected chi connectivity index (χ2v) is 9.32. The molecule has 0 bridgehead atoms. The molecule has 0 fully saturated rings. The zero-order valence-corrected chi connectivity index (χ0v) is 10.1. The van der Waals surface area contributed by atoms with Crippen LogP contribution in [-0.2, 0) is 0 Å². The standard InChI is InChI=1S/C8H19BrSi/c1-4-6-7-10(9)8(3)5-2/h8,10H,4-7H2,1-3H3. The summed E-state index contributed by atoms with van der Waals surface area (Å²) in [5.74, 6) is 0. The summed E-state index contributed by atoms with van der Waals surface area (Å²) in [7, 11) is -0.501. The lowest BCUT2D eigenvalue weighted by Crippen LogP contribution is -2.08. The van der Waals surface area contributed by atoms with E-state index in [2.05, 4.69) is 36.1 Å². The van der Waals surface area contributed by atoms with Crippen molar-refractivity contribution in [2.45, 2.75) is 51.6 Å². The van der Waals surface area contributed by atoms with Gasteiger partial charge in [0, 0.05) is 0 Å². The fraction of sp³-hybridized carbons (Fsp3) is 1.00. The van der Waals surface area contributed by atoms with E-state index >= 15 is 0 Å². The summed E-state index contributed by atoms with van der Waals surface area (Å²) in [5.41, 5.74) is 0.978. The number of rotatable bonds is 5. The molecule has 0 heterocycles.